The van der Waals surface area contributed by atoms with Crippen LogP contribution in [0.2, 0.25) is 5.02 Å². The number of carbonyl (C=O) groups excluding carboxylic acids is 1. The van der Waals surface area contributed by atoms with Crippen molar-refractivity contribution in [2.45, 2.75) is 19.9 Å². The predicted octanol–water partition coefficient (Wildman–Crippen LogP) is 4.49. The maximum Gasteiger partial charge on any atom is 0.324 e. The van der Waals surface area contributed by atoms with Crippen LogP contribution in [-0.4, -0.2) is 63.7 Å². The first-order chi connectivity index (χ1) is 15.9. The SMILES string of the molecule is CCN1CCN(C(=O)N(Cc2ccc(-c3nnc(C(F)F)o3)cn2)c2cccc(Cl)c2)CC1. The minimum absolute atomic E-state index is 0.0408. The molecule has 33 heavy (non-hydrogen) atoms. The Bertz CT molecular complexity index is 1090. The molecule has 3 heterocycles. The van der Waals surface area contributed by atoms with Crippen LogP contribution in [0, 0.1) is 0 Å². The molecule has 4 rings (SSSR count). The molecule has 0 atom stereocenters. The highest BCUT2D eigenvalue weighted by Crippen LogP contribution is 2.25. The molecule has 0 bridgehead atoms. The number of urea groups is 1. The van der Waals surface area contributed by atoms with Gasteiger partial charge in [-0.25, -0.2) is 4.79 Å². The fraction of sp³-hybridized carbons (Fsp3) is 0.364. The third kappa shape index (κ3) is 5.45. The van der Waals surface area contributed by atoms with Crippen molar-refractivity contribution < 1.29 is 18.0 Å². The molecule has 1 aliphatic rings. The minimum Gasteiger partial charge on any atom is -0.415 e. The average Bonchev–Trinajstić information content (AvgIpc) is 3.33. The van der Waals surface area contributed by atoms with E-state index in [-0.39, 0.29) is 18.5 Å². The summed E-state index contributed by atoms with van der Waals surface area (Å²) < 4.78 is 30.4. The van der Waals surface area contributed by atoms with Crippen LogP contribution in [0.4, 0.5) is 19.3 Å². The summed E-state index contributed by atoms with van der Waals surface area (Å²) in [4.78, 5) is 23.6. The molecule has 0 radical (unpaired) electrons. The molecule has 1 aliphatic heterocycles. The van der Waals surface area contributed by atoms with Crippen LogP contribution in [0.3, 0.4) is 0 Å². The number of piperazine rings is 1. The second kappa shape index (κ2) is 10.2. The summed E-state index contributed by atoms with van der Waals surface area (Å²) in [7, 11) is 0. The monoisotopic (exact) mass is 476 g/mol. The molecular weight excluding hydrogens is 454 g/mol. The lowest BCUT2D eigenvalue weighted by atomic mass is 10.2. The lowest BCUT2D eigenvalue weighted by molar-refractivity contribution is 0.116. The highest BCUT2D eigenvalue weighted by atomic mass is 35.5. The molecule has 1 fully saturated rings. The van der Waals surface area contributed by atoms with E-state index < -0.39 is 12.3 Å². The third-order valence-electron chi connectivity index (χ3n) is 5.46. The number of hydrogen-bond acceptors (Lipinski definition) is 6. The molecule has 0 spiro atoms. The summed E-state index contributed by atoms with van der Waals surface area (Å²) in [5.41, 5.74) is 1.68. The Kier molecular flexibility index (Phi) is 7.14. The van der Waals surface area contributed by atoms with E-state index in [2.05, 4.69) is 27.0 Å². The fourth-order valence-electron chi connectivity index (χ4n) is 3.59. The Morgan fingerprint density at radius 2 is 1.97 bits per heavy atom. The molecular formula is C22H23ClF2N6O2. The lowest BCUT2D eigenvalue weighted by Gasteiger charge is -2.37. The van der Waals surface area contributed by atoms with Gasteiger partial charge >= 0.3 is 12.5 Å². The Morgan fingerprint density at radius 3 is 2.58 bits per heavy atom. The zero-order valence-electron chi connectivity index (χ0n) is 18.0. The van der Waals surface area contributed by atoms with Crippen molar-refractivity contribution >= 4 is 23.3 Å². The van der Waals surface area contributed by atoms with Gasteiger partial charge in [0.05, 0.1) is 17.8 Å². The van der Waals surface area contributed by atoms with Crippen molar-refractivity contribution in [1.82, 2.24) is 25.0 Å². The summed E-state index contributed by atoms with van der Waals surface area (Å²) >= 11 is 6.18. The molecule has 3 aromatic rings. The molecule has 2 aromatic heterocycles. The van der Waals surface area contributed by atoms with E-state index in [4.69, 9.17) is 16.0 Å². The molecule has 2 amide bonds. The summed E-state index contributed by atoms with van der Waals surface area (Å²) in [5.74, 6) is -0.782. The van der Waals surface area contributed by atoms with Gasteiger partial charge < -0.3 is 14.2 Å². The number of alkyl halides is 2. The van der Waals surface area contributed by atoms with Gasteiger partial charge in [0.25, 0.3) is 5.89 Å². The van der Waals surface area contributed by atoms with Gasteiger partial charge in [-0.2, -0.15) is 8.78 Å². The van der Waals surface area contributed by atoms with Gasteiger partial charge in [0.2, 0.25) is 5.89 Å². The smallest absolute Gasteiger partial charge is 0.324 e. The van der Waals surface area contributed by atoms with E-state index >= 15 is 0 Å². The summed E-state index contributed by atoms with van der Waals surface area (Å²) in [6.45, 7) is 6.19. The Morgan fingerprint density at radius 1 is 1.18 bits per heavy atom. The highest BCUT2D eigenvalue weighted by Gasteiger charge is 2.26. The van der Waals surface area contributed by atoms with Crippen molar-refractivity contribution in [3.8, 4) is 11.5 Å². The van der Waals surface area contributed by atoms with Crippen LogP contribution < -0.4 is 4.90 Å². The van der Waals surface area contributed by atoms with E-state index in [1.807, 2.05) is 11.0 Å². The highest BCUT2D eigenvalue weighted by molar-refractivity contribution is 6.30. The Hall–Kier alpha value is -3.11. The van der Waals surface area contributed by atoms with Gasteiger partial charge in [-0.15, -0.1) is 10.2 Å². The number of pyridine rings is 1. The number of nitrogens with zero attached hydrogens (tertiary/aromatic N) is 6. The number of rotatable bonds is 6. The Labute approximate surface area is 194 Å². The van der Waals surface area contributed by atoms with Gasteiger partial charge in [-0.05, 0) is 36.9 Å². The fourth-order valence-corrected chi connectivity index (χ4v) is 3.77. The largest absolute Gasteiger partial charge is 0.415 e. The molecule has 174 valence electrons. The van der Waals surface area contributed by atoms with Crippen LogP contribution in [0.25, 0.3) is 11.5 Å². The second-order valence-electron chi connectivity index (χ2n) is 7.55. The molecule has 0 aliphatic carbocycles. The van der Waals surface area contributed by atoms with Crippen molar-refractivity contribution in [1.29, 1.82) is 0 Å². The van der Waals surface area contributed by atoms with Crippen LogP contribution >= 0.6 is 11.6 Å². The summed E-state index contributed by atoms with van der Waals surface area (Å²) in [5, 5.41) is 7.48. The van der Waals surface area contributed by atoms with Gasteiger partial charge in [0.15, 0.2) is 0 Å². The van der Waals surface area contributed by atoms with E-state index in [0.29, 0.717) is 35.1 Å². The lowest BCUT2D eigenvalue weighted by Crippen LogP contribution is -2.52. The van der Waals surface area contributed by atoms with E-state index in [1.54, 1.807) is 35.2 Å². The number of benzene rings is 1. The zero-order chi connectivity index (χ0) is 23.4. The van der Waals surface area contributed by atoms with Crippen molar-refractivity contribution in [3.63, 3.8) is 0 Å². The average molecular weight is 477 g/mol. The number of halogens is 3. The predicted molar refractivity (Wildman–Crippen MR) is 119 cm³/mol. The van der Waals surface area contributed by atoms with Crippen molar-refractivity contribution in [2.24, 2.45) is 0 Å². The minimum atomic E-state index is -2.84. The van der Waals surface area contributed by atoms with E-state index in [1.165, 1.54) is 6.20 Å². The maximum absolute atomic E-state index is 13.4. The van der Waals surface area contributed by atoms with E-state index in [9.17, 15) is 13.6 Å². The number of hydrogen-bond donors (Lipinski definition) is 0. The van der Waals surface area contributed by atoms with Gasteiger partial charge in [-0.1, -0.05) is 24.6 Å². The Balaban J connectivity index is 1.54. The topological polar surface area (TPSA) is 78.6 Å². The molecule has 1 saturated heterocycles. The molecule has 8 nitrogen and oxygen atoms in total. The van der Waals surface area contributed by atoms with Crippen LogP contribution in [0.5, 0.6) is 0 Å². The van der Waals surface area contributed by atoms with Crippen molar-refractivity contribution in [3.05, 3.63) is 59.2 Å². The van der Waals surface area contributed by atoms with Crippen LogP contribution in [-0.2, 0) is 6.54 Å². The second-order valence-corrected chi connectivity index (χ2v) is 7.99. The molecule has 0 N–H and O–H groups in total. The van der Waals surface area contributed by atoms with Crippen LogP contribution in [0.15, 0.2) is 47.0 Å². The summed E-state index contributed by atoms with van der Waals surface area (Å²) in [6.07, 6.45) is -1.38. The molecule has 11 heteroatoms. The normalized spacial score (nSPS) is 14.6. The van der Waals surface area contributed by atoms with Gasteiger partial charge in [0.1, 0.15) is 0 Å². The zero-order valence-corrected chi connectivity index (χ0v) is 18.8. The molecule has 0 saturated carbocycles. The van der Waals surface area contributed by atoms with Crippen molar-refractivity contribution in [2.75, 3.05) is 37.6 Å². The number of likely N-dealkylation sites (N-methyl/N-ethyl adjacent to an activating group) is 1. The first-order valence-corrected chi connectivity index (χ1v) is 10.9. The van der Waals surface area contributed by atoms with Gasteiger partial charge in [0, 0.05) is 43.1 Å². The first-order valence-electron chi connectivity index (χ1n) is 10.6. The quantitative estimate of drug-likeness (QED) is 0.521. The number of anilines is 1. The first kappa shape index (κ1) is 23.1. The maximum atomic E-state index is 13.4. The molecule has 1 aromatic carbocycles. The summed E-state index contributed by atoms with van der Waals surface area (Å²) in [6, 6.07) is 10.3. The number of amides is 2. The molecule has 0 unspecified atom stereocenters. The van der Waals surface area contributed by atoms with E-state index in [0.717, 1.165) is 19.6 Å². The third-order valence-corrected chi connectivity index (χ3v) is 5.70. The number of carbonyl (C=O) groups is 1. The number of aromatic nitrogens is 3. The van der Waals surface area contributed by atoms with Gasteiger partial charge in [-0.3, -0.25) is 9.88 Å². The van der Waals surface area contributed by atoms with Crippen LogP contribution in [0.1, 0.15) is 24.9 Å². The standard InChI is InChI=1S/C22H23ClF2N6O2/c1-2-29-8-10-30(11-9-29)22(32)31(18-5-3-4-16(23)12-18)14-17-7-6-15(13-26-17)20-27-28-21(33-20)19(24)25/h3-7,12-13,19H,2,8-11,14H2,1H3.